The van der Waals surface area contributed by atoms with Crippen LogP contribution in [0.15, 0.2) is 24.3 Å². The zero-order valence-corrected chi connectivity index (χ0v) is 12.2. The van der Waals surface area contributed by atoms with E-state index in [1.807, 2.05) is 41.2 Å². The Morgan fingerprint density at radius 1 is 1.33 bits per heavy atom. The summed E-state index contributed by atoms with van der Waals surface area (Å²) in [5.41, 5.74) is 7.05. The number of carbonyl (C=O) groups excluding carboxylic acids is 1. The summed E-state index contributed by atoms with van der Waals surface area (Å²) in [4.78, 5) is 11.5. The Kier molecular flexibility index (Phi) is 3.65. The molecule has 18 heavy (non-hydrogen) atoms. The quantitative estimate of drug-likeness (QED) is 0.677. The first-order valence-electron chi connectivity index (χ1n) is 5.52. The van der Waals surface area contributed by atoms with Gasteiger partial charge < -0.3 is 8.85 Å². The summed E-state index contributed by atoms with van der Waals surface area (Å²) in [7, 11) is 0. The fraction of sp³-hybridized carbons (Fsp3) is 0.250. The average Bonchev–Trinajstić information content (AvgIpc) is 2.36. The van der Waals surface area contributed by atoms with E-state index in [1.165, 1.54) is 0 Å². The molecule has 0 aliphatic carbocycles. The summed E-state index contributed by atoms with van der Waals surface area (Å²) in [5, 5.41) is 8.84. The number of nitrogens with zero attached hydrogens (tertiary/aromatic N) is 3. The molecule has 0 aliphatic heterocycles. The lowest BCUT2D eigenvalue weighted by molar-refractivity contribution is 0.0995. The van der Waals surface area contributed by atoms with Crippen molar-refractivity contribution < 1.29 is 4.79 Å². The lowest BCUT2D eigenvalue weighted by atomic mass is 10.1. The lowest BCUT2D eigenvalue weighted by Gasteiger charge is -2.23. The monoisotopic (exact) mass is 356 g/mol. The SMILES string of the molecule is CC(C)N(I)c1c(C(N)=O)nnc2ccccc12. The van der Waals surface area contributed by atoms with Crippen LogP contribution in [0.3, 0.4) is 0 Å². The van der Waals surface area contributed by atoms with Gasteiger partial charge in [0.15, 0.2) is 5.69 Å². The van der Waals surface area contributed by atoms with Crippen molar-refractivity contribution in [3.8, 4) is 0 Å². The third kappa shape index (κ3) is 2.24. The Hall–Kier alpha value is -1.44. The van der Waals surface area contributed by atoms with E-state index in [4.69, 9.17) is 5.73 Å². The third-order valence-corrected chi connectivity index (χ3v) is 4.14. The molecule has 0 fully saturated rings. The van der Waals surface area contributed by atoms with Gasteiger partial charge in [-0.05, 0) is 19.9 Å². The molecule has 1 aromatic heterocycles. The lowest BCUT2D eigenvalue weighted by Crippen LogP contribution is -2.25. The molecule has 0 saturated carbocycles. The van der Waals surface area contributed by atoms with Crippen molar-refractivity contribution >= 4 is 45.4 Å². The number of halogens is 1. The Balaban J connectivity index is 2.78. The first kappa shape index (κ1) is 13.0. The first-order valence-corrected chi connectivity index (χ1v) is 6.49. The van der Waals surface area contributed by atoms with Crippen molar-refractivity contribution in [3.63, 3.8) is 0 Å². The molecule has 2 aromatic rings. The van der Waals surface area contributed by atoms with Gasteiger partial charge in [0.2, 0.25) is 0 Å². The van der Waals surface area contributed by atoms with Gasteiger partial charge in [0.05, 0.1) is 34.1 Å². The van der Waals surface area contributed by atoms with E-state index in [0.29, 0.717) is 0 Å². The highest BCUT2D eigenvalue weighted by Gasteiger charge is 2.20. The van der Waals surface area contributed by atoms with Gasteiger partial charge in [-0.2, -0.15) is 0 Å². The van der Waals surface area contributed by atoms with Crippen LogP contribution >= 0.6 is 22.9 Å². The number of aromatic nitrogens is 2. The van der Waals surface area contributed by atoms with E-state index in [-0.39, 0.29) is 11.7 Å². The molecular weight excluding hydrogens is 343 g/mol. The maximum Gasteiger partial charge on any atom is 0.271 e. The molecule has 0 radical (unpaired) electrons. The van der Waals surface area contributed by atoms with Gasteiger partial charge in [-0.1, -0.05) is 18.2 Å². The molecule has 0 spiro atoms. The normalized spacial score (nSPS) is 10.9. The minimum Gasteiger partial charge on any atom is -0.364 e. The molecule has 0 saturated heterocycles. The summed E-state index contributed by atoms with van der Waals surface area (Å²) >= 11 is 2.16. The van der Waals surface area contributed by atoms with Gasteiger partial charge in [0, 0.05) is 11.4 Å². The van der Waals surface area contributed by atoms with Crippen LogP contribution in [0.1, 0.15) is 24.3 Å². The van der Waals surface area contributed by atoms with Crippen LogP contribution in [0.4, 0.5) is 5.69 Å². The van der Waals surface area contributed by atoms with Gasteiger partial charge in [-0.15, -0.1) is 10.2 Å². The summed E-state index contributed by atoms with van der Waals surface area (Å²) in [5.74, 6) is -0.564. The number of primary amides is 1. The number of benzene rings is 1. The Morgan fingerprint density at radius 2 is 2.00 bits per heavy atom. The van der Waals surface area contributed by atoms with E-state index in [1.54, 1.807) is 0 Å². The highest BCUT2D eigenvalue weighted by Crippen LogP contribution is 2.31. The fourth-order valence-electron chi connectivity index (χ4n) is 1.68. The molecule has 5 nitrogen and oxygen atoms in total. The predicted molar refractivity (Wildman–Crippen MR) is 79.7 cm³/mol. The molecule has 0 unspecified atom stereocenters. The summed E-state index contributed by atoms with van der Waals surface area (Å²) in [6, 6.07) is 7.79. The van der Waals surface area contributed by atoms with Crippen molar-refractivity contribution in [1.82, 2.24) is 10.2 Å². The third-order valence-electron chi connectivity index (χ3n) is 2.54. The molecule has 0 bridgehead atoms. The van der Waals surface area contributed by atoms with E-state index < -0.39 is 5.91 Å². The number of nitrogens with two attached hydrogens (primary N) is 1. The second-order valence-corrected chi connectivity index (χ2v) is 5.22. The summed E-state index contributed by atoms with van der Waals surface area (Å²) < 4.78 is 1.95. The van der Waals surface area contributed by atoms with Gasteiger partial charge >= 0.3 is 0 Å². The van der Waals surface area contributed by atoms with Crippen LogP contribution in [0.2, 0.25) is 0 Å². The zero-order valence-electron chi connectivity index (χ0n) is 10.1. The average molecular weight is 356 g/mol. The number of anilines is 1. The Morgan fingerprint density at radius 3 is 2.61 bits per heavy atom. The Bertz CT molecular complexity index is 600. The maximum absolute atomic E-state index is 11.5. The molecule has 1 heterocycles. The number of hydrogen-bond acceptors (Lipinski definition) is 4. The van der Waals surface area contributed by atoms with E-state index in [0.717, 1.165) is 16.6 Å². The van der Waals surface area contributed by atoms with Crippen molar-refractivity contribution in [3.05, 3.63) is 30.0 Å². The molecule has 2 N–H and O–H groups in total. The number of carbonyl (C=O) groups is 1. The Labute approximate surface area is 119 Å². The van der Waals surface area contributed by atoms with Gasteiger partial charge in [0.1, 0.15) is 0 Å². The summed E-state index contributed by atoms with van der Waals surface area (Å²) in [6.45, 7) is 4.07. The largest absolute Gasteiger partial charge is 0.364 e. The first-order chi connectivity index (χ1) is 8.52. The smallest absolute Gasteiger partial charge is 0.271 e. The second-order valence-electron chi connectivity index (χ2n) is 4.18. The highest BCUT2D eigenvalue weighted by molar-refractivity contribution is 14.1. The molecule has 0 aliphatic rings. The van der Waals surface area contributed by atoms with Crippen molar-refractivity contribution in [1.29, 1.82) is 0 Å². The number of fused-ring (bicyclic) bond motifs is 1. The molecule has 1 amide bonds. The molecule has 6 heteroatoms. The van der Waals surface area contributed by atoms with E-state index in [9.17, 15) is 4.79 Å². The minimum atomic E-state index is -0.564. The molecule has 2 rings (SSSR count). The van der Waals surface area contributed by atoms with Crippen LogP contribution in [0.25, 0.3) is 10.9 Å². The van der Waals surface area contributed by atoms with Gasteiger partial charge in [-0.25, -0.2) is 0 Å². The second kappa shape index (κ2) is 5.05. The van der Waals surface area contributed by atoms with Crippen LogP contribution < -0.4 is 8.85 Å². The molecular formula is C12H13IN4O. The standard InChI is InChI=1S/C12H13IN4O/c1-7(2)17(13)11-8-5-3-4-6-9(8)15-16-10(11)12(14)18/h3-7H,1-2H3,(H2,14,18). The van der Waals surface area contributed by atoms with Crippen LogP contribution in [-0.2, 0) is 0 Å². The molecule has 94 valence electrons. The maximum atomic E-state index is 11.5. The van der Waals surface area contributed by atoms with Crippen molar-refractivity contribution in [2.24, 2.45) is 5.73 Å². The summed E-state index contributed by atoms with van der Waals surface area (Å²) in [6.07, 6.45) is 0. The van der Waals surface area contributed by atoms with Crippen LogP contribution in [0.5, 0.6) is 0 Å². The number of rotatable bonds is 3. The van der Waals surface area contributed by atoms with Crippen molar-refractivity contribution in [2.45, 2.75) is 19.9 Å². The number of hydrogen-bond donors (Lipinski definition) is 1. The van der Waals surface area contributed by atoms with E-state index in [2.05, 4.69) is 33.1 Å². The highest BCUT2D eigenvalue weighted by atomic mass is 127. The predicted octanol–water partition coefficient (Wildman–Crippen LogP) is 2.29. The molecule has 0 atom stereocenters. The topological polar surface area (TPSA) is 72.1 Å². The number of amides is 1. The van der Waals surface area contributed by atoms with Crippen molar-refractivity contribution in [2.75, 3.05) is 3.11 Å². The van der Waals surface area contributed by atoms with Gasteiger partial charge in [-0.3, -0.25) is 4.79 Å². The molecule has 1 aromatic carbocycles. The van der Waals surface area contributed by atoms with E-state index >= 15 is 0 Å². The zero-order chi connectivity index (χ0) is 13.3. The van der Waals surface area contributed by atoms with Crippen LogP contribution in [0, 0.1) is 0 Å². The fourth-order valence-corrected chi connectivity index (χ4v) is 2.17. The van der Waals surface area contributed by atoms with Gasteiger partial charge in [0.25, 0.3) is 5.91 Å². The van der Waals surface area contributed by atoms with Crippen LogP contribution in [-0.4, -0.2) is 22.1 Å². The minimum absolute atomic E-state index is 0.205.